The first-order valence-electron chi connectivity index (χ1n) is 9.63. The first-order chi connectivity index (χ1) is 14.3. The number of rotatable bonds is 6. The molecule has 0 spiro atoms. The number of Topliss-reactive ketones (excluding diaryl/α,β-unsaturated/α-hetero) is 1. The Hall–Kier alpha value is -3.13. The molecular weight excluding hydrogens is 398 g/mol. The normalized spacial score (nSPS) is 11.2. The Balaban J connectivity index is 1.56. The summed E-state index contributed by atoms with van der Waals surface area (Å²) in [7, 11) is 0. The van der Waals surface area contributed by atoms with Crippen molar-refractivity contribution in [3.05, 3.63) is 70.5 Å². The van der Waals surface area contributed by atoms with Gasteiger partial charge in [0.1, 0.15) is 11.6 Å². The van der Waals surface area contributed by atoms with Gasteiger partial charge in [-0.3, -0.25) is 13.9 Å². The van der Waals surface area contributed by atoms with Crippen LogP contribution in [0.15, 0.2) is 46.1 Å². The minimum atomic E-state index is 0.0377. The molecule has 7 nitrogen and oxygen atoms in total. The van der Waals surface area contributed by atoms with Gasteiger partial charge in [0.05, 0.1) is 5.75 Å². The van der Waals surface area contributed by atoms with Crippen molar-refractivity contribution in [2.24, 2.45) is 0 Å². The second-order valence-corrected chi connectivity index (χ2v) is 8.27. The van der Waals surface area contributed by atoms with Crippen molar-refractivity contribution in [2.45, 2.75) is 39.8 Å². The summed E-state index contributed by atoms with van der Waals surface area (Å²) in [6.45, 7) is 9.69. The van der Waals surface area contributed by atoms with Crippen molar-refractivity contribution in [1.29, 1.82) is 0 Å². The summed E-state index contributed by atoms with van der Waals surface area (Å²) >= 11 is 1.39. The zero-order valence-corrected chi connectivity index (χ0v) is 18.4. The third kappa shape index (κ3) is 3.70. The highest BCUT2D eigenvalue weighted by atomic mass is 32.2. The van der Waals surface area contributed by atoms with Crippen LogP contribution in [-0.4, -0.2) is 36.0 Å². The Morgan fingerprint density at radius 1 is 1.00 bits per heavy atom. The predicted octanol–water partition coefficient (Wildman–Crippen LogP) is 4.56. The maximum absolute atomic E-state index is 13.0. The molecule has 0 amide bonds. The SMILES string of the molecule is Cc1ccc(-n2c(C)nnc2SCC(=O)c2cc(C)n(-c3cc(C)on3)c2C)cc1. The fourth-order valence-electron chi connectivity index (χ4n) is 3.49. The maximum atomic E-state index is 13.0. The van der Waals surface area contributed by atoms with Gasteiger partial charge in [0.25, 0.3) is 0 Å². The third-order valence-corrected chi connectivity index (χ3v) is 5.92. The number of thioether (sulfide) groups is 1. The molecule has 0 atom stereocenters. The van der Waals surface area contributed by atoms with Crippen LogP contribution in [-0.2, 0) is 0 Å². The van der Waals surface area contributed by atoms with Gasteiger partial charge in [-0.2, -0.15) is 0 Å². The quantitative estimate of drug-likeness (QED) is 0.335. The molecule has 0 N–H and O–H groups in total. The molecule has 0 unspecified atom stereocenters. The van der Waals surface area contributed by atoms with E-state index < -0.39 is 0 Å². The summed E-state index contributed by atoms with van der Waals surface area (Å²) in [5.41, 5.74) is 4.64. The summed E-state index contributed by atoms with van der Waals surface area (Å²) < 4.78 is 9.10. The van der Waals surface area contributed by atoms with Crippen LogP contribution in [0.5, 0.6) is 0 Å². The highest BCUT2D eigenvalue weighted by molar-refractivity contribution is 7.99. The molecule has 8 heteroatoms. The lowest BCUT2D eigenvalue weighted by Gasteiger charge is -2.09. The van der Waals surface area contributed by atoms with Crippen molar-refractivity contribution >= 4 is 17.5 Å². The first-order valence-corrected chi connectivity index (χ1v) is 10.6. The lowest BCUT2D eigenvalue weighted by Crippen LogP contribution is -2.07. The van der Waals surface area contributed by atoms with E-state index in [1.165, 1.54) is 17.3 Å². The second kappa shape index (κ2) is 7.95. The van der Waals surface area contributed by atoms with Crippen LogP contribution in [0.2, 0.25) is 0 Å². The number of carbonyl (C=O) groups excluding carboxylic acids is 1. The largest absolute Gasteiger partial charge is 0.360 e. The summed E-state index contributed by atoms with van der Waals surface area (Å²) in [5, 5.41) is 13.3. The summed E-state index contributed by atoms with van der Waals surface area (Å²) in [6.07, 6.45) is 0. The van der Waals surface area contributed by atoms with Gasteiger partial charge in [0.15, 0.2) is 16.8 Å². The predicted molar refractivity (Wildman–Crippen MR) is 116 cm³/mol. The number of aryl methyl sites for hydroxylation is 4. The monoisotopic (exact) mass is 421 g/mol. The molecular formula is C22H23N5O2S. The molecule has 154 valence electrons. The molecule has 0 aliphatic carbocycles. The highest BCUT2D eigenvalue weighted by Gasteiger charge is 2.20. The van der Waals surface area contributed by atoms with E-state index in [-0.39, 0.29) is 11.5 Å². The fraction of sp³-hybridized carbons (Fsp3) is 0.273. The number of benzene rings is 1. The van der Waals surface area contributed by atoms with Crippen molar-refractivity contribution in [3.8, 4) is 11.5 Å². The van der Waals surface area contributed by atoms with Gasteiger partial charge in [-0.1, -0.05) is 34.6 Å². The molecule has 0 aliphatic rings. The number of ketones is 1. The molecule has 3 aromatic heterocycles. The average Bonchev–Trinajstić information content (AvgIpc) is 3.38. The zero-order chi connectivity index (χ0) is 21.4. The Bertz CT molecular complexity index is 1220. The van der Waals surface area contributed by atoms with E-state index in [1.807, 2.05) is 68.0 Å². The van der Waals surface area contributed by atoms with Gasteiger partial charge in [-0.15, -0.1) is 10.2 Å². The van der Waals surface area contributed by atoms with Crippen molar-refractivity contribution in [2.75, 3.05) is 5.75 Å². The number of hydrogen-bond donors (Lipinski definition) is 0. The number of hydrogen-bond acceptors (Lipinski definition) is 6. The van der Waals surface area contributed by atoms with Crippen molar-refractivity contribution in [3.63, 3.8) is 0 Å². The molecule has 0 radical (unpaired) electrons. The zero-order valence-electron chi connectivity index (χ0n) is 17.6. The third-order valence-electron chi connectivity index (χ3n) is 5.00. The van der Waals surface area contributed by atoms with Gasteiger partial charge in [-0.25, -0.2) is 0 Å². The Morgan fingerprint density at radius 3 is 2.40 bits per heavy atom. The van der Waals surface area contributed by atoms with E-state index >= 15 is 0 Å². The van der Waals surface area contributed by atoms with Crippen molar-refractivity contribution in [1.82, 2.24) is 24.5 Å². The molecule has 1 aromatic carbocycles. The van der Waals surface area contributed by atoms with Gasteiger partial charge >= 0.3 is 0 Å². The molecule has 0 aliphatic heterocycles. The molecule has 0 saturated carbocycles. The number of nitrogens with zero attached hydrogens (tertiary/aromatic N) is 5. The van der Waals surface area contributed by atoms with E-state index in [4.69, 9.17) is 4.52 Å². The Morgan fingerprint density at radius 2 is 1.73 bits per heavy atom. The summed E-state index contributed by atoms with van der Waals surface area (Å²) in [4.78, 5) is 13.0. The van der Waals surface area contributed by atoms with Crippen LogP contribution in [0.25, 0.3) is 11.5 Å². The average molecular weight is 422 g/mol. The Kier molecular flexibility index (Phi) is 5.34. The van der Waals surface area contributed by atoms with Gasteiger partial charge in [0.2, 0.25) is 0 Å². The van der Waals surface area contributed by atoms with Crippen molar-refractivity contribution < 1.29 is 9.32 Å². The van der Waals surface area contributed by atoms with Crippen LogP contribution in [0.4, 0.5) is 0 Å². The van der Waals surface area contributed by atoms with Gasteiger partial charge < -0.3 is 4.52 Å². The molecule has 0 bridgehead atoms. The second-order valence-electron chi connectivity index (χ2n) is 7.33. The van der Waals surface area contributed by atoms with Gasteiger partial charge in [0, 0.05) is 28.7 Å². The van der Waals surface area contributed by atoms with E-state index in [2.05, 4.69) is 27.5 Å². The van der Waals surface area contributed by atoms with E-state index in [9.17, 15) is 4.79 Å². The van der Waals surface area contributed by atoms with Crippen LogP contribution in [0.3, 0.4) is 0 Å². The minimum absolute atomic E-state index is 0.0377. The number of aromatic nitrogens is 5. The molecule has 4 aromatic rings. The summed E-state index contributed by atoms with van der Waals surface area (Å²) in [6, 6.07) is 11.9. The van der Waals surface area contributed by atoms with Crippen LogP contribution >= 0.6 is 11.8 Å². The molecule has 3 heterocycles. The minimum Gasteiger partial charge on any atom is -0.360 e. The van der Waals surface area contributed by atoms with E-state index in [0.717, 1.165) is 28.7 Å². The standard InChI is InChI=1S/C22H23N5O2S/c1-13-6-8-18(9-7-13)27-17(5)23-24-22(27)30-12-20(28)19-10-14(2)26(16(19)4)21-11-15(3)29-25-21/h6-11H,12H2,1-5H3. The van der Waals surface area contributed by atoms with E-state index in [1.54, 1.807) is 0 Å². The van der Waals surface area contributed by atoms with Crippen LogP contribution in [0.1, 0.15) is 38.9 Å². The first kappa shape index (κ1) is 20.2. The summed E-state index contributed by atoms with van der Waals surface area (Å²) in [5.74, 6) is 2.51. The fourth-order valence-corrected chi connectivity index (χ4v) is 4.37. The lowest BCUT2D eigenvalue weighted by molar-refractivity contribution is 0.102. The highest BCUT2D eigenvalue weighted by Crippen LogP contribution is 2.26. The Labute approximate surface area is 179 Å². The maximum Gasteiger partial charge on any atom is 0.196 e. The molecule has 30 heavy (non-hydrogen) atoms. The van der Waals surface area contributed by atoms with Crippen LogP contribution in [0, 0.1) is 34.6 Å². The smallest absolute Gasteiger partial charge is 0.196 e. The van der Waals surface area contributed by atoms with Gasteiger partial charge in [-0.05, 0) is 52.8 Å². The van der Waals surface area contributed by atoms with E-state index in [0.29, 0.717) is 16.5 Å². The van der Waals surface area contributed by atoms with Crippen LogP contribution < -0.4 is 0 Å². The molecule has 4 rings (SSSR count). The number of carbonyl (C=O) groups is 1. The molecule has 0 saturated heterocycles. The topological polar surface area (TPSA) is 78.7 Å². The lowest BCUT2D eigenvalue weighted by atomic mass is 10.2. The molecule has 0 fully saturated rings.